The van der Waals surface area contributed by atoms with Crippen molar-refractivity contribution in [3.8, 4) is 11.5 Å². The molecule has 5 nitrogen and oxygen atoms in total. The molecule has 20 heavy (non-hydrogen) atoms. The molecule has 0 bridgehead atoms. The maximum absolute atomic E-state index is 11.8. The van der Waals surface area contributed by atoms with Gasteiger partial charge in [0.25, 0.3) is 0 Å². The molecule has 0 radical (unpaired) electrons. The largest absolute Gasteiger partial charge is 0.493 e. The van der Waals surface area contributed by atoms with E-state index in [1.165, 1.54) is 7.11 Å². The minimum absolute atomic E-state index is 0.0808. The van der Waals surface area contributed by atoms with Gasteiger partial charge in [-0.3, -0.25) is 9.59 Å². The van der Waals surface area contributed by atoms with Crippen LogP contribution in [0.25, 0.3) is 0 Å². The molecule has 1 aromatic rings. The van der Waals surface area contributed by atoms with Crippen LogP contribution in [0.15, 0.2) is 12.1 Å². The van der Waals surface area contributed by atoms with Gasteiger partial charge in [-0.15, -0.1) is 0 Å². The van der Waals surface area contributed by atoms with Gasteiger partial charge in [0.05, 0.1) is 18.7 Å². The van der Waals surface area contributed by atoms with Gasteiger partial charge in [0.15, 0.2) is 17.8 Å². The first-order valence-electron chi connectivity index (χ1n) is 6.55. The third-order valence-corrected chi connectivity index (χ3v) is 2.61. The Hall–Kier alpha value is -2.04. The Kier molecular flexibility index (Phi) is 5.55. The second-order valence-electron chi connectivity index (χ2n) is 5.05. The van der Waals surface area contributed by atoms with E-state index in [4.69, 9.17) is 9.47 Å². The summed E-state index contributed by atoms with van der Waals surface area (Å²) < 4.78 is 10.6. The van der Waals surface area contributed by atoms with Crippen molar-refractivity contribution in [2.75, 3.05) is 12.4 Å². The number of ether oxygens (including phenoxy) is 2. The second kappa shape index (κ2) is 6.93. The van der Waals surface area contributed by atoms with Crippen molar-refractivity contribution in [1.29, 1.82) is 0 Å². The molecular weight excluding hydrogens is 258 g/mol. The van der Waals surface area contributed by atoms with E-state index in [-0.39, 0.29) is 23.7 Å². The van der Waals surface area contributed by atoms with Crippen LogP contribution in [-0.2, 0) is 4.79 Å². The third-order valence-electron chi connectivity index (χ3n) is 2.61. The van der Waals surface area contributed by atoms with Crippen LogP contribution >= 0.6 is 0 Å². The summed E-state index contributed by atoms with van der Waals surface area (Å²) in [5.74, 6) is 0.0156. The number of anilines is 1. The molecule has 1 aromatic carbocycles. The maximum atomic E-state index is 11.8. The molecule has 0 unspecified atom stereocenters. The molecule has 5 heteroatoms. The lowest BCUT2D eigenvalue weighted by Gasteiger charge is -2.19. The Morgan fingerprint density at radius 2 is 1.90 bits per heavy atom. The van der Waals surface area contributed by atoms with Gasteiger partial charge in [0, 0.05) is 11.6 Å². The lowest BCUT2D eigenvalue weighted by Crippen LogP contribution is -2.19. The number of carbonyl (C=O) groups excluding carboxylic acids is 2. The first-order chi connectivity index (χ1) is 9.40. The Morgan fingerprint density at radius 3 is 2.35 bits per heavy atom. The van der Waals surface area contributed by atoms with Crippen LogP contribution in [0, 0.1) is 5.92 Å². The van der Waals surface area contributed by atoms with Crippen molar-refractivity contribution in [3.63, 3.8) is 0 Å². The summed E-state index contributed by atoms with van der Waals surface area (Å²) in [6.45, 7) is 7.35. The monoisotopic (exact) mass is 279 g/mol. The van der Waals surface area contributed by atoms with Crippen LogP contribution in [-0.4, -0.2) is 25.4 Å². The first-order valence-corrected chi connectivity index (χ1v) is 6.55. The molecule has 1 N–H and O–H groups in total. The fourth-order valence-electron chi connectivity index (χ4n) is 1.60. The molecule has 0 saturated heterocycles. The molecule has 0 aliphatic heterocycles. The van der Waals surface area contributed by atoms with E-state index in [0.29, 0.717) is 17.0 Å². The summed E-state index contributed by atoms with van der Waals surface area (Å²) in [6, 6.07) is 3.32. The summed E-state index contributed by atoms with van der Waals surface area (Å²) in [5, 5.41) is 3.12. The quantitative estimate of drug-likeness (QED) is 0.493. The highest BCUT2D eigenvalue weighted by Crippen LogP contribution is 2.38. The Balaban J connectivity index is 3.33. The summed E-state index contributed by atoms with van der Waals surface area (Å²) >= 11 is 0. The second-order valence-corrected chi connectivity index (χ2v) is 5.05. The molecule has 0 aliphatic carbocycles. The first kappa shape index (κ1) is 16.0. The minimum atomic E-state index is -0.377. The van der Waals surface area contributed by atoms with Crippen LogP contribution in [0.2, 0.25) is 0 Å². The number of esters is 1. The molecule has 0 amide bonds. The normalized spacial score (nSPS) is 10.6. The Bertz CT molecular complexity index is 495. The summed E-state index contributed by atoms with van der Waals surface area (Å²) in [4.78, 5) is 23.0. The van der Waals surface area contributed by atoms with Gasteiger partial charge < -0.3 is 14.8 Å². The van der Waals surface area contributed by atoms with E-state index in [9.17, 15) is 9.59 Å². The average molecular weight is 279 g/mol. The molecule has 0 atom stereocenters. The summed E-state index contributed by atoms with van der Waals surface area (Å²) in [7, 11) is 1.49. The molecule has 110 valence electrons. The van der Waals surface area contributed by atoms with Gasteiger partial charge in [-0.1, -0.05) is 13.8 Å². The number of aldehydes is 1. The SMILES string of the molecule is COc1ccc(C=O)c(NC(C)C)c1OC(=O)C(C)C. The van der Waals surface area contributed by atoms with Crippen LogP contribution < -0.4 is 14.8 Å². The van der Waals surface area contributed by atoms with Crippen molar-refractivity contribution in [3.05, 3.63) is 17.7 Å². The minimum Gasteiger partial charge on any atom is -0.493 e. The number of hydrogen-bond donors (Lipinski definition) is 1. The van der Waals surface area contributed by atoms with Crippen LogP contribution in [0.3, 0.4) is 0 Å². The number of carbonyl (C=O) groups is 2. The predicted octanol–water partition coefficient (Wildman–Crippen LogP) is 2.89. The van der Waals surface area contributed by atoms with E-state index in [1.54, 1.807) is 26.0 Å². The van der Waals surface area contributed by atoms with Crippen LogP contribution in [0.4, 0.5) is 5.69 Å². The lowest BCUT2D eigenvalue weighted by molar-refractivity contribution is -0.137. The standard InChI is InChI=1S/C15H21NO4/c1-9(2)15(18)20-14-12(19-5)7-6-11(8-17)13(14)16-10(3)4/h6-10,16H,1-5H3. The zero-order chi connectivity index (χ0) is 15.3. The van der Waals surface area contributed by atoms with Gasteiger partial charge in [-0.25, -0.2) is 0 Å². The molecular formula is C15H21NO4. The number of benzene rings is 1. The number of hydrogen-bond acceptors (Lipinski definition) is 5. The van der Waals surface area contributed by atoms with Crippen LogP contribution in [0.5, 0.6) is 11.5 Å². The van der Waals surface area contributed by atoms with Crippen molar-refractivity contribution >= 4 is 17.9 Å². The van der Waals surface area contributed by atoms with Gasteiger partial charge in [0.2, 0.25) is 0 Å². The van der Waals surface area contributed by atoms with Crippen molar-refractivity contribution in [1.82, 2.24) is 0 Å². The molecule has 0 aliphatic rings. The zero-order valence-corrected chi connectivity index (χ0v) is 12.5. The highest BCUT2D eigenvalue weighted by Gasteiger charge is 2.20. The molecule has 0 saturated carbocycles. The topological polar surface area (TPSA) is 64.6 Å². The third kappa shape index (κ3) is 3.73. The molecule has 0 spiro atoms. The number of methoxy groups -OCH3 is 1. The predicted molar refractivity (Wildman–Crippen MR) is 77.6 cm³/mol. The maximum Gasteiger partial charge on any atom is 0.313 e. The van der Waals surface area contributed by atoms with E-state index in [0.717, 1.165) is 6.29 Å². The van der Waals surface area contributed by atoms with E-state index in [1.807, 2.05) is 13.8 Å². The molecule has 0 fully saturated rings. The van der Waals surface area contributed by atoms with Gasteiger partial charge in [-0.05, 0) is 26.0 Å². The molecule has 0 aromatic heterocycles. The van der Waals surface area contributed by atoms with Crippen LogP contribution in [0.1, 0.15) is 38.1 Å². The van der Waals surface area contributed by atoms with Gasteiger partial charge >= 0.3 is 5.97 Å². The lowest BCUT2D eigenvalue weighted by atomic mass is 10.1. The fourth-order valence-corrected chi connectivity index (χ4v) is 1.60. The fraction of sp³-hybridized carbons (Fsp3) is 0.467. The van der Waals surface area contributed by atoms with Crippen molar-refractivity contribution in [2.45, 2.75) is 33.7 Å². The smallest absolute Gasteiger partial charge is 0.313 e. The van der Waals surface area contributed by atoms with Crippen molar-refractivity contribution < 1.29 is 19.1 Å². The average Bonchev–Trinajstić information content (AvgIpc) is 2.39. The Labute approximate surface area is 119 Å². The Morgan fingerprint density at radius 1 is 1.25 bits per heavy atom. The highest BCUT2D eigenvalue weighted by molar-refractivity contribution is 5.90. The van der Waals surface area contributed by atoms with Gasteiger partial charge in [-0.2, -0.15) is 0 Å². The van der Waals surface area contributed by atoms with Crippen molar-refractivity contribution in [2.24, 2.45) is 5.92 Å². The van der Waals surface area contributed by atoms with E-state index >= 15 is 0 Å². The summed E-state index contributed by atoms with van der Waals surface area (Å²) in [6.07, 6.45) is 0.719. The zero-order valence-electron chi connectivity index (χ0n) is 12.5. The van der Waals surface area contributed by atoms with E-state index < -0.39 is 0 Å². The highest BCUT2D eigenvalue weighted by atomic mass is 16.6. The van der Waals surface area contributed by atoms with Gasteiger partial charge in [0.1, 0.15) is 0 Å². The molecule has 1 rings (SSSR count). The van der Waals surface area contributed by atoms with E-state index in [2.05, 4.69) is 5.32 Å². The summed E-state index contributed by atoms with van der Waals surface area (Å²) in [5.41, 5.74) is 0.898. The molecule has 0 heterocycles. The number of nitrogens with one attached hydrogen (secondary N) is 1. The number of rotatable bonds is 6.